The van der Waals surface area contributed by atoms with Crippen LogP contribution in [0, 0.1) is 5.92 Å². The molecule has 0 aliphatic carbocycles. The van der Waals surface area contributed by atoms with E-state index >= 15 is 0 Å². The largest absolute Gasteiger partial charge is 0.444 e. The van der Waals surface area contributed by atoms with E-state index in [0.717, 1.165) is 70.5 Å². The zero-order chi connectivity index (χ0) is 24.8. The molecule has 0 saturated carbocycles. The van der Waals surface area contributed by atoms with Crippen molar-refractivity contribution in [2.75, 3.05) is 44.2 Å². The van der Waals surface area contributed by atoms with Gasteiger partial charge in [0.2, 0.25) is 0 Å². The number of rotatable bonds is 5. The number of amides is 2. The predicted octanol–water partition coefficient (Wildman–Crippen LogP) is 5.23. The van der Waals surface area contributed by atoms with Crippen molar-refractivity contribution in [2.45, 2.75) is 52.1 Å². The summed E-state index contributed by atoms with van der Waals surface area (Å²) in [5.41, 5.74) is 2.81. The van der Waals surface area contributed by atoms with Gasteiger partial charge in [-0.25, -0.2) is 4.79 Å². The fourth-order valence-corrected chi connectivity index (χ4v) is 4.90. The van der Waals surface area contributed by atoms with E-state index < -0.39 is 5.60 Å². The van der Waals surface area contributed by atoms with E-state index in [-0.39, 0.29) is 12.0 Å². The highest BCUT2D eigenvalue weighted by atomic mass is 16.6. The van der Waals surface area contributed by atoms with Crippen molar-refractivity contribution in [1.82, 2.24) is 9.80 Å². The summed E-state index contributed by atoms with van der Waals surface area (Å²) in [6.07, 6.45) is 3.95. The first kappa shape index (κ1) is 25.1. The molecule has 2 saturated heterocycles. The molecule has 2 aliphatic rings. The Morgan fingerprint density at radius 3 is 2.06 bits per heavy atom. The number of ether oxygens (including phenoxy) is 1. The minimum atomic E-state index is -0.446. The van der Waals surface area contributed by atoms with Crippen LogP contribution < -0.4 is 4.90 Å². The fraction of sp³-hybridized carbons (Fsp3) is 0.517. The quantitative estimate of drug-likeness (QED) is 0.592. The van der Waals surface area contributed by atoms with Crippen molar-refractivity contribution >= 4 is 17.7 Å². The summed E-state index contributed by atoms with van der Waals surface area (Å²) in [6.45, 7) is 10.5. The number of carbonyl (C=O) groups is 2. The number of hydrogen-bond donors (Lipinski definition) is 0. The lowest BCUT2D eigenvalue weighted by molar-refractivity contribution is 0.0181. The molecule has 2 heterocycles. The van der Waals surface area contributed by atoms with Crippen LogP contribution in [-0.2, 0) is 11.2 Å². The number of benzene rings is 2. The maximum atomic E-state index is 13.0. The van der Waals surface area contributed by atoms with Gasteiger partial charge in [0.25, 0.3) is 5.91 Å². The number of likely N-dealkylation sites (tertiary alicyclic amines) is 1. The Labute approximate surface area is 209 Å². The molecule has 2 amide bonds. The lowest BCUT2D eigenvalue weighted by Gasteiger charge is -2.36. The van der Waals surface area contributed by atoms with Gasteiger partial charge in [-0.05, 0) is 82.2 Å². The first-order valence-electron chi connectivity index (χ1n) is 12.9. The van der Waals surface area contributed by atoms with Gasteiger partial charge in [0.05, 0.1) is 0 Å². The molecule has 6 heteroatoms. The number of nitrogens with zero attached hydrogens (tertiary/aromatic N) is 3. The normalized spacial score (nSPS) is 17.4. The lowest BCUT2D eigenvalue weighted by atomic mass is 9.90. The lowest BCUT2D eigenvalue weighted by Crippen LogP contribution is -2.48. The smallest absolute Gasteiger partial charge is 0.410 e. The second-order valence-corrected chi connectivity index (χ2v) is 10.8. The van der Waals surface area contributed by atoms with Crippen LogP contribution in [0.3, 0.4) is 0 Å². The minimum absolute atomic E-state index is 0.124. The molecule has 188 valence electrons. The standard InChI is InChI=1S/C29H39N3O3/c1-29(2,3)35-28(34)32-17-15-24(16-18-32)10-9-23-11-13-25(14-12-23)27(33)31-21-19-30(20-22-31)26-7-5-4-6-8-26/h4-8,11-14,24H,9-10,15-22H2,1-3H3. The zero-order valence-electron chi connectivity index (χ0n) is 21.4. The van der Waals surface area contributed by atoms with Crippen LogP contribution in [0.25, 0.3) is 0 Å². The average molecular weight is 478 g/mol. The van der Waals surface area contributed by atoms with Gasteiger partial charge in [0.15, 0.2) is 0 Å². The SMILES string of the molecule is CC(C)(C)OC(=O)N1CCC(CCc2ccc(C(=O)N3CCN(c4ccccc4)CC3)cc2)CC1. The molecule has 35 heavy (non-hydrogen) atoms. The highest BCUT2D eigenvalue weighted by molar-refractivity contribution is 5.94. The highest BCUT2D eigenvalue weighted by Gasteiger charge is 2.27. The summed E-state index contributed by atoms with van der Waals surface area (Å²) < 4.78 is 5.50. The van der Waals surface area contributed by atoms with Gasteiger partial charge in [0.1, 0.15) is 5.60 Å². The molecule has 2 fully saturated rings. The third-order valence-corrected chi connectivity index (χ3v) is 7.00. The molecule has 2 aliphatic heterocycles. The Kier molecular flexibility index (Phi) is 7.99. The van der Waals surface area contributed by atoms with Crippen molar-refractivity contribution in [3.63, 3.8) is 0 Å². The van der Waals surface area contributed by atoms with E-state index in [2.05, 4.69) is 41.3 Å². The van der Waals surface area contributed by atoms with Crippen LogP contribution in [0.4, 0.5) is 10.5 Å². The molecule has 0 aromatic heterocycles. The molecular formula is C29H39N3O3. The van der Waals surface area contributed by atoms with Crippen molar-refractivity contribution in [2.24, 2.45) is 5.92 Å². The Bertz CT molecular complexity index is 968. The maximum Gasteiger partial charge on any atom is 0.410 e. The molecule has 0 N–H and O–H groups in total. The van der Waals surface area contributed by atoms with Crippen LogP contribution in [0.2, 0.25) is 0 Å². The zero-order valence-corrected chi connectivity index (χ0v) is 21.4. The number of para-hydroxylation sites is 1. The van der Waals surface area contributed by atoms with E-state index in [1.807, 2.05) is 48.8 Å². The molecule has 0 spiro atoms. The predicted molar refractivity (Wildman–Crippen MR) is 140 cm³/mol. The Hall–Kier alpha value is -3.02. The van der Waals surface area contributed by atoms with Crippen LogP contribution >= 0.6 is 0 Å². The second-order valence-electron chi connectivity index (χ2n) is 10.8. The molecule has 2 aromatic carbocycles. The second kappa shape index (κ2) is 11.1. The van der Waals surface area contributed by atoms with E-state index in [4.69, 9.17) is 4.74 Å². The van der Waals surface area contributed by atoms with Crippen LogP contribution in [0.15, 0.2) is 54.6 Å². The first-order valence-corrected chi connectivity index (χ1v) is 12.9. The molecule has 6 nitrogen and oxygen atoms in total. The van der Waals surface area contributed by atoms with E-state index in [0.29, 0.717) is 5.92 Å². The Balaban J connectivity index is 1.20. The summed E-state index contributed by atoms with van der Waals surface area (Å²) in [7, 11) is 0. The van der Waals surface area contributed by atoms with E-state index in [1.165, 1.54) is 11.3 Å². The molecular weight excluding hydrogens is 438 g/mol. The van der Waals surface area contributed by atoms with E-state index in [1.54, 1.807) is 0 Å². The molecule has 4 rings (SSSR count). The third kappa shape index (κ3) is 7.00. The molecule has 0 unspecified atom stereocenters. The number of carbonyl (C=O) groups excluding carboxylic acids is 2. The van der Waals surface area contributed by atoms with Gasteiger partial charge in [0, 0.05) is 50.5 Å². The van der Waals surface area contributed by atoms with Gasteiger partial charge in [-0.2, -0.15) is 0 Å². The monoisotopic (exact) mass is 477 g/mol. The number of piperidine rings is 1. The van der Waals surface area contributed by atoms with Crippen LogP contribution in [0.5, 0.6) is 0 Å². The fourth-order valence-electron chi connectivity index (χ4n) is 4.90. The van der Waals surface area contributed by atoms with Crippen molar-refractivity contribution < 1.29 is 14.3 Å². The van der Waals surface area contributed by atoms with Crippen LogP contribution in [0.1, 0.15) is 56.0 Å². The maximum absolute atomic E-state index is 13.0. The number of anilines is 1. The number of piperazine rings is 1. The summed E-state index contributed by atoms with van der Waals surface area (Å²) in [4.78, 5) is 31.4. The Morgan fingerprint density at radius 2 is 1.46 bits per heavy atom. The Morgan fingerprint density at radius 1 is 0.829 bits per heavy atom. The topological polar surface area (TPSA) is 53.1 Å². The molecule has 0 bridgehead atoms. The highest BCUT2D eigenvalue weighted by Crippen LogP contribution is 2.24. The summed E-state index contributed by atoms with van der Waals surface area (Å²) >= 11 is 0. The van der Waals surface area contributed by atoms with Crippen LogP contribution in [-0.4, -0.2) is 66.7 Å². The van der Waals surface area contributed by atoms with Crippen molar-refractivity contribution in [1.29, 1.82) is 0 Å². The van der Waals surface area contributed by atoms with E-state index in [9.17, 15) is 9.59 Å². The number of hydrogen-bond acceptors (Lipinski definition) is 4. The molecule has 0 atom stereocenters. The summed E-state index contributed by atoms with van der Waals surface area (Å²) in [6, 6.07) is 18.6. The van der Waals surface area contributed by atoms with Crippen molar-refractivity contribution in [3.05, 3.63) is 65.7 Å². The van der Waals surface area contributed by atoms with Gasteiger partial charge in [-0.3, -0.25) is 4.79 Å². The average Bonchev–Trinajstić information content (AvgIpc) is 2.87. The third-order valence-electron chi connectivity index (χ3n) is 7.00. The minimum Gasteiger partial charge on any atom is -0.444 e. The van der Waals surface area contributed by atoms with Gasteiger partial charge in [-0.15, -0.1) is 0 Å². The van der Waals surface area contributed by atoms with Gasteiger partial charge >= 0.3 is 6.09 Å². The molecule has 0 radical (unpaired) electrons. The van der Waals surface area contributed by atoms with Gasteiger partial charge < -0.3 is 19.4 Å². The number of aryl methyl sites for hydroxylation is 1. The first-order chi connectivity index (χ1) is 16.8. The summed E-state index contributed by atoms with van der Waals surface area (Å²) in [5, 5.41) is 0. The van der Waals surface area contributed by atoms with Gasteiger partial charge in [-0.1, -0.05) is 30.3 Å². The summed E-state index contributed by atoms with van der Waals surface area (Å²) in [5.74, 6) is 0.745. The van der Waals surface area contributed by atoms with Crippen molar-refractivity contribution in [3.8, 4) is 0 Å². The molecule has 2 aromatic rings.